The molecular weight excluding hydrogens is 388 g/mol. The Morgan fingerprint density at radius 2 is 1.87 bits per heavy atom. The number of nitrogens with zero attached hydrogens (tertiary/aromatic N) is 4. The molecule has 1 unspecified atom stereocenters. The van der Waals surface area contributed by atoms with Crippen LogP contribution in [0.15, 0.2) is 42.6 Å². The van der Waals surface area contributed by atoms with Crippen LogP contribution in [0.5, 0.6) is 5.75 Å². The fraction of sp³-hybridized carbons (Fsp3) is 0.600. The van der Waals surface area contributed by atoms with E-state index in [-0.39, 0.29) is 0 Å². The second-order valence-electron chi connectivity index (χ2n) is 9.52. The van der Waals surface area contributed by atoms with E-state index in [4.69, 9.17) is 9.47 Å². The zero-order valence-electron chi connectivity index (χ0n) is 18.6. The Morgan fingerprint density at radius 1 is 1.03 bits per heavy atom. The second kappa shape index (κ2) is 9.13. The van der Waals surface area contributed by atoms with Gasteiger partial charge in [-0.15, -0.1) is 5.10 Å². The van der Waals surface area contributed by atoms with Crippen molar-refractivity contribution in [3.05, 3.63) is 48.2 Å². The summed E-state index contributed by atoms with van der Waals surface area (Å²) in [4.78, 5) is 5.16. The van der Waals surface area contributed by atoms with Crippen molar-refractivity contribution in [2.24, 2.45) is 5.41 Å². The molecule has 1 aromatic heterocycles. The number of benzene rings is 1. The summed E-state index contributed by atoms with van der Waals surface area (Å²) in [5.74, 6) is 2.67. The molecule has 3 aliphatic rings. The van der Waals surface area contributed by atoms with Gasteiger partial charge in [0.2, 0.25) is 0 Å². The van der Waals surface area contributed by atoms with Crippen molar-refractivity contribution in [3.63, 3.8) is 0 Å². The molecule has 1 aliphatic carbocycles. The lowest BCUT2D eigenvalue weighted by Crippen LogP contribution is -2.56. The molecule has 1 aromatic carbocycles. The van der Waals surface area contributed by atoms with Gasteiger partial charge in [0.15, 0.2) is 5.82 Å². The van der Waals surface area contributed by atoms with Gasteiger partial charge in [-0.3, -0.25) is 0 Å². The highest BCUT2D eigenvalue weighted by atomic mass is 16.5. The van der Waals surface area contributed by atoms with Gasteiger partial charge in [-0.2, -0.15) is 5.10 Å². The molecule has 6 nitrogen and oxygen atoms in total. The smallest absolute Gasteiger partial charge is 0.151 e. The first-order valence-electron chi connectivity index (χ1n) is 11.7. The van der Waals surface area contributed by atoms with Gasteiger partial charge < -0.3 is 19.3 Å². The molecule has 0 radical (unpaired) electrons. The Balaban J connectivity index is 1.13. The van der Waals surface area contributed by atoms with E-state index >= 15 is 0 Å². The summed E-state index contributed by atoms with van der Waals surface area (Å²) in [7, 11) is 1.72. The number of hydrogen-bond acceptors (Lipinski definition) is 6. The van der Waals surface area contributed by atoms with E-state index < -0.39 is 0 Å². The summed E-state index contributed by atoms with van der Waals surface area (Å²) >= 11 is 0. The molecule has 31 heavy (non-hydrogen) atoms. The average Bonchev–Trinajstić information content (AvgIpc) is 3.25. The van der Waals surface area contributed by atoms with Crippen molar-refractivity contribution >= 4 is 5.82 Å². The van der Waals surface area contributed by atoms with Gasteiger partial charge in [0.1, 0.15) is 12.4 Å². The van der Waals surface area contributed by atoms with Crippen LogP contribution in [0.25, 0.3) is 0 Å². The monoisotopic (exact) mass is 422 g/mol. The average molecular weight is 423 g/mol. The number of hydrogen-bond donors (Lipinski definition) is 0. The summed E-state index contributed by atoms with van der Waals surface area (Å²) in [5, 5.41) is 8.32. The molecule has 1 atom stereocenters. The molecule has 1 spiro atoms. The summed E-state index contributed by atoms with van der Waals surface area (Å²) < 4.78 is 11.1. The molecule has 1 saturated carbocycles. The molecule has 2 aromatic rings. The zero-order chi connectivity index (χ0) is 21.1. The molecule has 6 heteroatoms. The van der Waals surface area contributed by atoms with Crippen molar-refractivity contribution in [1.82, 2.24) is 15.1 Å². The summed E-state index contributed by atoms with van der Waals surface area (Å²) in [6.45, 7) is 5.93. The van der Waals surface area contributed by atoms with Crippen LogP contribution in [-0.4, -0.2) is 67.6 Å². The third-order valence-corrected chi connectivity index (χ3v) is 7.56. The molecule has 166 valence electrons. The lowest BCUT2D eigenvalue weighted by molar-refractivity contribution is 0.129. The van der Waals surface area contributed by atoms with Crippen LogP contribution in [0.4, 0.5) is 5.82 Å². The normalized spacial score (nSPS) is 23.8. The van der Waals surface area contributed by atoms with E-state index in [0.717, 1.165) is 30.7 Å². The van der Waals surface area contributed by atoms with Gasteiger partial charge in [0, 0.05) is 37.9 Å². The summed E-state index contributed by atoms with van der Waals surface area (Å²) in [6, 6.07) is 13.4. The first kappa shape index (κ1) is 20.7. The van der Waals surface area contributed by atoms with Crippen LogP contribution in [-0.2, 0) is 4.74 Å². The van der Waals surface area contributed by atoms with Crippen LogP contribution in [0.1, 0.15) is 43.6 Å². The molecule has 2 saturated heterocycles. The minimum absolute atomic E-state index is 0.501. The van der Waals surface area contributed by atoms with E-state index in [1.165, 1.54) is 50.8 Å². The van der Waals surface area contributed by atoms with E-state index in [1.54, 1.807) is 13.3 Å². The van der Waals surface area contributed by atoms with Gasteiger partial charge in [-0.25, -0.2) is 0 Å². The number of para-hydroxylation sites is 1. The molecule has 0 amide bonds. The Bertz CT molecular complexity index is 848. The lowest BCUT2D eigenvalue weighted by Gasteiger charge is -2.49. The quantitative estimate of drug-likeness (QED) is 0.634. The molecule has 2 aliphatic heterocycles. The molecule has 3 heterocycles. The van der Waals surface area contributed by atoms with Gasteiger partial charge in [0.05, 0.1) is 6.61 Å². The second-order valence-corrected chi connectivity index (χ2v) is 9.52. The first-order valence-corrected chi connectivity index (χ1v) is 11.7. The first-order chi connectivity index (χ1) is 15.3. The Kier molecular flexibility index (Phi) is 6.10. The maximum atomic E-state index is 6.00. The maximum absolute atomic E-state index is 6.00. The third kappa shape index (κ3) is 4.41. The van der Waals surface area contributed by atoms with E-state index in [2.05, 4.69) is 50.3 Å². The van der Waals surface area contributed by atoms with Gasteiger partial charge in [-0.05, 0) is 74.9 Å². The number of piperidine rings is 1. The van der Waals surface area contributed by atoms with Crippen LogP contribution >= 0.6 is 0 Å². The van der Waals surface area contributed by atoms with Crippen LogP contribution < -0.4 is 9.64 Å². The predicted molar refractivity (Wildman–Crippen MR) is 122 cm³/mol. The number of rotatable bonds is 7. The van der Waals surface area contributed by atoms with Crippen molar-refractivity contribution in [1.29, 1.82) is 0 Å². The largest absolute Gasteiger partial charge is 0.491 e. The minimum atomic E-state index is 0.501. The summed E-state index contributed by atoms with van der Waals surface area (Å²) in [6.07, 6.45) is 8.23. The van der Waals surface area contributed by atoms with Crippen molar-refractivity contribution < 1.29 is 9.47 Å². The van der Waals surface area contributed by atoms with E-state index in [9.17, 15) is 0 Å². The Morgan fingerprint density at radius 3 is 2.65 bits per heavy atom. The van der Waals surface area contributed by atoms with Gasteiger partial charge in [0.25, 0.3) is 0 Å². The molecular formula is C25H34N4O2. The molecule has 5 rings (SSSR count). The fourth-order valence-electron chi connectivity index (χ4n) is 5.92. The number of methoxy groups -OCH3 is 1. The van der Waals surface area contributed by atoms with E-state index in [0.29, 0.717) is 24.5 Å². The highest BCUT2D eigenvalue weighted by Gasteiger charge is 2.49. The maximum Gasteiger partial charge on any atom is 0.151 e. The van der Waals surface area contributed by atoms with Crippen molar-refractivity contribution in [3.8, 4) is 5.75 Å². The molecule has 0 bridgehead atoms. The molecule has 3 fully saturated rings. The fourth-order valence-corrected chi connectivity index (χ4v) is 5.92. The van der Waals surface area contributed by atoms with Crippen LogP contribution in [0, 0.1) is 5.41 Å². The summed E-state index contributed by atoms with van der Waals surface area (Å²) in [5.41, 5.74) is 1.88. The minimum Gasteiger partial charge on any atom is -0.491 e. The number of aromatic nitrogens is 2. The van der Waals surface area contributed by atoms with E-state index in [1.807, 2.05) is 6.07 Å². The SMILES string of the molecule is COCCOc1ccccc1C1CCN(C2CCC3(C2)CN(c2cccnn2)C3)CC1. The Hall–Kier alpha value is -2.18. The van der Waals surface area contributed by atoms with Crippen LogP contribution in [0.2, 0.25) is 0 Å². The standard InChI is InChI=1S/C25H34N4O2/c1-30-15-16-31-23-6-3-2-5-22(23)20-9-13-28(14-10-20)21-8-11-25(17-21)18-29(19-25)24-7-4-12-26-27-24/h2-7,12,20-21H,8-11,13-19H2,1H3. The van der Waals surface area contributed by atoms with Gasteiger partial charge in [-0.1, -0.05) is 18.2 Å². The number of anilines is 1. The predicted octanol–water partition coefficient (Wildman–Crippen LogP) is 3.74. The van der Waals surface area contributed by atoms with Crippen molar-refractivity contribution in [2.75, 3.05) is 51.4 Å². The zero-order valence-corrected chi connectivity index (χ0v) is 18.6. The molecule has 0 N–H and O–H groups in total. The topological polar surface area (TPSA) is 50.7 Å². The lowest BCUT2D eigenvalue weighted by atomic mass is 9.78. The highest BCUT2D eigenvalue weighted by molar-refractivity contribution is 5.42. The van der Waals surface area contributed by atoms with Crippen LogP contribution in [0.3, 0.4) is 0 Å². The van der Waals surface area contributed by atoms with Gasteiger partial charge >= 0.3 is 0 Å². The Labute approximate surface area is 185 Å². The number of likely N-dealkylation sites (tertiary alicyclic amines) is 1. The third-order valence-electron chi connectivity index (χ3n) is 7.56. The number of ether oxygens (including phenoxy) is 2. The van der Waals surface area contributed by atoms with Crippen molar-refractivity contribution in [2.45, 2.75) is 44.1 Å². The highest BCUT2D eigenvalue weighted by Crippen LogP contribution is 2.48.